The lowest BCUT2D eigenvalue weighted by Crippen LogP contribution is -2.56. The molecule has 1 aromatic carbocycles. The summed E-state index contributed by atoms with van der Waals surface area (Å²) in [6.45, 7) is 2.31. The molecule has 4 amide bonds. The summed E-state index contributed by atoms with van der Waals surface area (Å²) in [5.41, 5.74) is 0.580. The van der Waals surface area contributed by atoms with Gasteiger partial charge in [0, 0.05) is 11.0 Å². The van der Waals surface area contributed by atoms with Gasteiger partial charge >= 0.3 is 6.03 Å². The topological polar surface area (TPSA) is 66.5 Å². The molecule has 1 saturated heterocycles. The quantitative estimate of drug-likeness (QED) is 0.857. The van der Waals surface area contributed by atoms with Crippen molar-refractivity contribution in [2.24, 2.45) is 0 Å². The molecule has 5 nitrogen and oxygen atoms in total. The van der Waals surface area contributed by atoms with Crippen LogP contribution in [0.4, 0.5) is 4.79 Å². The number of imide groups is 2. The predicted octanol–water partition coefficient (Wildman–Crippen LogP) is 2.41. The van der Waals surface area contributed by atoms with Crippen molar-refractivity contribution in [1.29, 1.82) is 0 Å². The van der Waals surface area contributed by atoms with Crippen molar-refractivity contribution in [2.45, 2.75) is 25.7 Å². The zero-order chi connectivity index (χ0) is 14.7. The minimum absolute atomic E-state index is 0.332. The van der Waals surface area contributed by atoms with E-state index in [9.17, 15) is 14.4 Å². The molecule has 1 aromatic rings. The van der Waals surface area contributed by atoms with E-state index in [1.54, 1.807) is 18.2 Å². The lowest BCUT2D eigenvalue weighted by atomic mass is 9.95. The minimum atomic E-state index is -0.956. The number of halogens is 1. The molecule has 0 aromatic heterocycles. The second kappa shape index (κ2) is 6.17. The smallest absolute Gasteiger partial charge is 0.277 e. The molecule has 1 aliphatic heterocycles. The Labute approximate surface area is 125 Å². The molecule has 106 valence electrons. The number of amides is 4. The highest BCUT2D eigenvalue weighted by Crippen LogP contribution is 2.25. The summed E-state index contributed by atoms with van der Waals surface area (Å²) in [5, 5.41) is 2.25. The predicted molar refractivity (Wildman–Crippen MR) is 77.0 cm³/mol. The van der Waals surface area contributed by atoms with Crippen molar-refractivity contribution in [2.75, 3.05) is 6.54 Å². The van der Waals surface area contributed by atoms with Crippen LogP contribution in [0.2, 0.25) is 0 Å². The largest absolute Gasteiger partial charge is 0.330 e. The van der Waals surface area contributed by atoms with Gasteiger partial charge in [-0.05, 0) is 24.1 Å². The van der Waals surface area contributed by atoms with Crippen molar-refractivity contribution in [3.63, 3.8) is 0 Å². The van der Waals surface area contributed by atoms with Crippen LogP contribution >= 0.6 is 15.9 Å². The Morgan fingerprint density at radius 1 is 1.30 bits per heavy atom. The van der Waals surface area contributed by atoms with Crippen LogP contribution in [0.1, 0.15) is 31.2 Å². The van der Waals surface area contributed by atoms with Crippen LogP contribution < -0.4 is 5.32 Å². The van der Waals surface area contributed by atoms with Gasteiger partial charge in [-0.2, -0.15) is 0 Å². The summed E-state index contributed by atoms with van der Waals surface area (Å²) in [6.07, 6.45) is 1.59. The number of unbranched alkanes of at least 4 members (excludes halogenated alkanes) is 1. The van der Waals surface area contributed by atoms with E-state index in [-0.39, 0.29) is 0 Å². The number of hydrogen-bond donors (Lipinski definition) is 1. The Balaban J connectivity index is 2.29. The van der Waals surface area contributed by atoms with Gasteiger partial charge in [0.25, 0.3) is 0 Å². The first-order valence-corrected chi connectivity index (χ1v) is 7.25. The molecule has 1 N–H and O–H groups in total. The Kier molecular flexibility index (Phi) is 4.54. The second-order valence-electron chi connectivity index (χ2n) is 4.63. The van der Waals surface area contributed by atoms with Crippen LogP contribution in [-0.2, 0) is 9.59 Å². The summed E-state index contributed by atoms with van der Waals surface area (Å²) >= 11 is 3.31. The molecule has 0 bridgehead atoms. The van der Waals surface area contributed by atoms with Gasteiger partial charge in [-0.1, -0.05) is 41.4 Å². The molecule has 0 radical (unpaired) electrons. The highest BCUT2D eigenvalue weighted by Gasteiger charge is 2.40. The summed E-state index contributed by atoms with van der Waals surface area (Å²) in [7, 11) is 0. The van der Waals surface area contributed by atoms with E-state index < -0.39 is 23.8 Å². The van der Waals surface area contributed by atoms with E-state index in [2.05, 4.69) is 21.2 Å². The number of nitrogens with zero attached hydrogens (tertiary/aromatic N) is 1. The molecule has 2 rings (SSSR count). The Morgan fingerprint density at radius 2 is 2.05 bits per heavy atom. The molecule has 0 aliphatic carbocycles. The van der Waals surface area contributed by atoms with Gasteiger partial charge < -0.3 is 0 Å². The number of carbonyl (C=O) groups excluding carboxylic acids is 3. The normalized spacial score (nSPS) is 19.2. The highest BCUT2D eigenvalue weighted by atomic mass is 79.9. The number of carbonyl (C=O) groups is 3. The average Bonchev–Trinajstić information content (AvgIpc) is 2.38. The van der Waals surface area contributed by atoms with Crippen molar-refractivity contribution in [3.05, 3.63) is 34.3 Å². The maximum Gasteiger partial charge on any atom is 0.330 e. The van der Waals surface area contributed by atoms with E-state index in [1.807, 2.05) is 13.0 Å². The van der Waals surface area contributed by atoms with E-state index >= 15 is 0 Å². The van der Waals surface area contributed by atoms with Gasteiger partial charge in [0.05, 0.1) is 0 Å². The van der Waals surface area contributed by atoms with Crippen LogP contribution in [-0.4, -0.2) is 29.3 Å². The first-order chi connectivity index (χ1) is 9.54. The summed E-state index contributed by atoms with van der Waals surface area (Å²) in [6, 6.07) is 6.37. The fourth-order valence-corrected chi connectivity index (χ4v) is 2.54. The Hall–Kier alpha value is -1.69. The first-order valence-electron chi connectivity index (χ1n) is 6.46. The first kappa shape index (κ1) is 14.7. The molecular formula is C14H15BrN2O3. The number of benzene rings is 1. The van der Waals surface area contributed by atoms with Gasteiger partial charge in [-0.15, -0.1) is 0 Å². The average molecular weight is 339 g/mol. The zero-order valence-corrected chi connectivity index (χ0v) is 12.6. The number of nitrogens with one attached hydrogen (secondary N) is 1. The molecule has 1 unspecified atom stereocenters. The maximum atomic E-state index is 12.4. The molecule has 1 heterocycles. The lowest BCUT2D eigenvalue weighted by molar-refractivity contribution is -0.138. The van der Waals surface area contributed by atoms with Crippen LogP contribution in [0.25, 0.3) is 0 Å². The van der Waals surface area contributed by atoms with E-state index in [0.717, 1.165) is 22.2 Å². The van der Waals surface area contributed by atoms with Crippen molar-refractivity contribution in [1.82, 2.24) is 10.2 Å². The standard InChI is InChI=1S/C14H15BrN2O3/c1-2-3-7-17-13(19)11(12(18)16-14(17)20)9-5-4-6-10(15)8-9/h4-6,8,11H,2-3,7H2,1H3,(H,16,18,20). The van der Waals surface area contributed by atoms with Crippen LogP contribution in [0, 0.1) is 0 Å². The summed E-state index contributed by atoms with van der Waals surface area (Å²) < 4.78 is 0.785. The van der Waals surface area contributed by atoms with Crippen LogP contribution in [0.5, 0.6) is 0 Å². The lowest BCUT2D eigenvalue weighted by Gasteiger charge is -2.30. The van der Waals surface area contributed by atoms with Gasteiger partial charge in [0.15, 0.2) is 0 Å². The number of urea groups is 1. The Bertz CT molecular complexity index is 559. The molecule has 0 saturated carbocycles. The van der Waals surface area contributed by atoms with E-state index in [0.29, 0.717) is 12.1 Å². The van der Waals surface area contributed by atoms with Crippen LogP contribution in [0.3, 0.4) is 0 Å². The van der Waals surface area contributed by atoms with Crippen molar-refractivity contribution < 1.29 is 14.4 Å². The molecule has 20 heavy (non-hydrogen) atoms. The van der Waals surface area contributed by atoms with Crippen molar-refractivity contribution in [3.8, 4) is 0 Å². The third-order valence-electron chi connectivity index (χ3n) is 3.17. The number of hydrogen-bond acceptors (Lipinski definition) is 3. The molecule has 6 heteroatoms. The minimum Gasteiger partial charge on any atom is -0.277 e. The maximum absolute atomic E-state index is 12.4. The monoisotopic (exact) mass is 338 g/mol. The van der Waals surface area contributed by atoms with E-state index in [1.165, 1.54) is 0 Å². The zero-order valence-electron chi connectivity index (χ0n) is 11.1. The second-order valence-corrected chi connectivity index (χ2v) is 5.54. The molecule has 1 aliphatic rings. The summed E-state index contributed by atoms with van der Waals surface area (Å²) in [5.74, 6) is -1.97. The Morgan fingerprint density at radius 3 is 2.70 bits per heavy atom. The third kappa shape index (κ3) is 2.90. The summed E-state index contributed by atoms with van der Waals surface area (Å²) in [4.78, 5) is 37.2. The van der Waals surface area contributed by atoms with Gasteiger partial charge in [-0.3, -0.25) is 19.8 Å². The molecule has 1 fully saturated rings. The van der Waals surface area contributed by atoms with E-state index in [4.69, 9.17) is 0 Å². The fraction of sp³-hybridized carbons (Fsp3) is 0.357. The number of rotatable bonds is 4. The number of barbiturate groups is 1. The molecule has 0 spiro atoms. The van der Waals surface area contributed by atoms with Gasteiger partial charge in [0.2, 0.25) is 11.8 Å². The molecule has 1 atom stereocenters. The van der Waals surface area contributed by atoms with Gasteiger partial charge in [0.1, 0.15) is 5.92 Å². The fourth-order valence-electron chi connectivity index (χ4n) is 2.12. The SMILES string of the molecule is CCCCN1C(=O)NC(=O)C(c2cccc(Br)c2)C1=O. The van der Waals surface area contributed by atoms with Crippen molar-refractivity contribution >= 4 is 33.8 Å². The third-order valence-corrected chi connectivity index (χ3v) is 3.66. The molecular weight excluding hydrogens is 324 g/mol. The highest BCUT2D eigenvalue weighted by molar-refractivity contribution is 9.10. The van der Waals surface area contributed by atoms with Crippen LogP contribution in [0.15, 0.2) is 28.7 Å². The van der Waals surface area contributed by atoms with Gasteiger partial charge in [-0.25, -0.2) is 4.79 Å².